The van der Waals surface area contributed by atoms with Gasteiger partial charge in [-0.15, -0.1) is 0 Å². The predicted octanol–water partition coefficient (Wildman–Crippen LogP) is 1.51. The molecule has 17 heavy (non-hydrogen) atoms. The third-order valence-electron chi connectivity index (χ3n) is 2.72. The van der Waals surface area contributed by atoms with Gasteiger partial charge < -0.3 is 15.0 Å². The van der Waals surface area contributed by atoms with E-state index >= 15 is 0 Å². The number of ether oxygens (including phenoxy) is 1. The summed E-state index contributed by atoms with van der Waals surface area (Å²) in [4.78, 5) is 13.9. The molecule has 0 heterocycles. The summed E-state index contributed by atoms with van der Waals surface area (Å²) in [6.07, 6.45) is 1.04. The van der Waals surface area contributed by atoms with Crippen LogP contribution in [0.15, 0.2) is 0 Å². The van der Waals surface area contributed by atoms with Gasteiger partial charge in [-0.25, -0.2) is 0 Å². The summed E-state index contributed by atoms with van der Waals surface area (Å²) in [5, 5.41) is 3.23. The molecular formula is C13H28N2O2. The maximum absolute atomic E-state index is 12.0. The fourth-order valence-electron chi connectivity index (χ4n) is 1.48. The number of amides is 1. The highest BCUT2D eigenvalue weighted by Gasteiger charge is 2.14. The molecular weight excluding hydrogens is 216 g/mol. The zero-order chi connectivity index (χ0) is 13.3. The first-order chi connectivity index (χ1) is 8.01. The molecule has 102 valence electrons. The number of nitrogens with zero attached hydrogens (tertiary/aromatic N) is 1. The van der Waals surface area contributed by atoms with Crippen LogP contribution in [0, 0.1) is 5.92 Å². The number of nitrogens with one attached hydrogen (secondary N) is 1. The number of carbonyl (C=O) groups is 1. The number of carbonyl (C=O) groups excluding carboxylic acids is 1. The minimum atomic E-state index is 0.163. The van der Waals surface area contributed by atoms with Crippen molar-refractivity contribution in [2.24, 2.45) is 5.92 Å². The number of hydrogen-bond donors (Lipinski definition) is 1. The van der Waals surface area contributed by atoms with E-state index < -0.39 is 0 Å². The standard InChI is InChI=1S/C13H28N2O2/c1-6-12(4)14-9-13(16)15(7-8-17-5)10-11(2)3/h11-12,14H,6-10H2,1-5H3. The Morgan fingerprint density at radius 3 is 2.47 bits per heavy atom. The molecule has 0 radical (unpaired) electrons. The number of hydrogen-bond acceptors (Lipinski definition) is 3. The lowest BCUT2D eigenvalue weighted by Gasteiger charge is -2.25. The molecule has 0 spiro atoms. The summed E-state index contributed by atoms with van der Waals surface area (Å²) >= 11 is 0. The Morgan fingerprint density at radius 2 is 2.00 bits per heavy atom. The van der Waals surface area contributed by atoms with Gasteiger partial charge in [0.15, 0.2) is 0 Å². The summed E-state index contributed by atoms with van der Waals surface area (Å²) in [5.41, 5.74) is 0. The topological polar surface area (TPSA) is 41.6 Å². The maximum Gasteiger partial charge on any atom is 0.236 e. The normalized spacial score (nSPS) is 12.8. The fraction of sp³-hybridized carbons (Fsp3) is 0.923. The van der Waals surface area contributed by atoms with Crippen molar-refractivity contribution >= 4 is 5.91 Å². The van der Waals surface area contributed by atoms with Crippen LogP contribution >= 0.6 is 0 Å². The molecule has 1 N–H and O–H groups in total. The molecule has 1 amide bonds. The Labute approximate surface area is 106 Å². The van der Waals surface area contributed by atoms with Crippen molar-refractivity contribution in [3.05, 3.63) is 0 Å². The lowest BCUT2D eigenvalue weighted by molar-refractivity contribution is -0.131. The van der Waals surface area contributed by atoms with Gasteiger partial charge >= 0.3 is 0 Å². The molecule has 0 aromatic carbocycles. The van der Waals surface area contributed by atoms with Crippen molar-refractivity contribution in [2.45, 2.75) is 40.2 Å². The average Bonchev–Trinajstić information content (AvgIpc) is 2.30. The first-order valence-electron chi connectivity index (χ1n) is 6.51. The lowest BCUT2D eigenvalue weighted by atomic mass is 10.2. The third-order valence-corrected chi connectivity index (χ3v) is 2.72. The quantitative estimate of drug-likeness (QED) is 0.668. The molecule has 0 bridgehead atoms. The van der Waals surface area contributed by atoms with E-state index in [1.165, 1.54) is 0 Å². The van der Waals surface area contributed by atoms with Crippen molar-refractivity contribution in [1.29, 1.82) is 0 Å². The SMILES string of the molecule is CCC(C)NCC(=O)N(CCOC)CC(C)C. The van der Waals surface area contributed by atoms with Crippen LogP contribution in [0.3, 0.4) is 0 Å². The van der Waals surface area contributed by atoms with Crippen LogP contribution in [0.25, 0.3) is 0 Å². The van der Waals surface area contributed by atoms with E-state index in [1.807, 2.05) is 4.90 Å². The van der Waals surface area contributed by atoms with E-state index in [0.29, 0.717) is 31.7 Å². The highest BCUT2D eigenvalue weighted by molar-refractivity contribution is 5.78. The van der Waals surface area contributed by atoms with Gasteiger partial charge in [-0.05, 0) is 19.3 Å². The van der Waals surface area contributed by atoms with Crippen LogP contribution in [0.5, 0.6) is 0 Å². The van der Waals surface area contributed by atoms with Gasteiger partial charge in [0, 0.05) is 26.2 Å². The van der Waals surface area contributed by atoms with Crippen molar-refractivity contribution < 1.29 is 9.53 Å². The van der Waals surface area contributed by atoms with Crippen LogP contribution in [0.1, 0.15) is 34.1 Å². The Hall–Kier alpha value is -0.610. The van der Waals surface area contributed by atoms with E-state index in [1.54, 1.807) is 7.11 Å². The van der Waals surface area contributed by atoms with Crippen LogP contribution in [-0.4, -0.2) is 50.2 Å². The average molecular weight is 244 g/mol. The summed E-state index contributed by atoms with van der Waals surface area (Å²) < 4.78 is 5.04. The molecule has 4 nitrogen and oxygen atoms in total. The molecule has 0 aliphatic carbocycles. The van der Waals surface area contributed by atoms with Crippen molar-refractivity contribution in [1.82, 2.24) is 10.2 Å². The zero-order valence-electron chi connectivity index (χ0n) is 12.0. The minimum Gasteiger partial charge on any atom is -0.383 e. The van der Waals surface area contributed by atoms with E-state index in [2.05, 4.69) is 33.0 Å². The van der Waals surface area contributed by atoms with Crippen LogP contribution in [0.2, 0.25) is 0 Å². The van der Waals surface area contributed by atoms with Gasteiger partial charge in [-0.1, -0.05) is 20.8 Å². The molecule has 0 aliphatic heterocycles. The summed E-state index contributed by atoms with van der Waals surface area (Å²) in [6, 6.07) is 0.391. The van der Waals surface area contributed by atoms with Gasteiger partial charge in [0.05, 0.1) is 13.2 Å². The molecule has 0 aromatic rings. The number of methoxy groups -OCH3 is 1. The second-order valence-electron chi connectivity index (χ2n) is 4.92. The second kappa shape index (κ2) is 9.42. The number of rotatable bonds is 9. The zero-order valence-corrected chi connectivity index (χ0v) is 12.0. The van der Waals surface area contributed by atoms with Crippen molar-refractivity contribution in [2.75, 3.05) is 33.4 Å². The summed E-state index contributed by atoms with van der Waals surface area (Å²) in [6.45, 7) is 10.9. The van der Waals surface area contributed by atoms with Crippen molar-refractivity contribution in [3.63, 3.8) is 0 Å². The molecule has 0 saturated carbocycles. The smallest absolute Gasteiger partial charge is 0.236 e. The Balaban J connectivity index is 4.11. The maximum atomic E-state index is 12.0. The molecule has 0 fully saturated rings. The van der Waals surface area contributed by atoms with Gasteiger partial charge in [-0.3, -0.25) is 4.79 Å². The second-order valence-corrected chi connectivity index (χ2v) is 4.92. The highest BCUT2D eigenvalue weighted by atomic mass is 16.5. The lowest BCUT2D eigenvalue weighted by Crippen LogP contribution is -2.43. The fourth-order valence-corrected chi connectivity index (χ4v) is 1.48. The van der Waals surface area contributed by atoms with Crippen LogP contribution < -0.4 is 5.32 Å². The van der Waals surface area contributed by atoms with Crippen molar-refractivity contribution in [3.8, 4) is 0 Å². The Morgan fingerprint density at radius 1 is 1.35 bits per heavy atom. The van der Waals surface area contributed by atoms with Gasteiger partial charge in [0.1, 0.15) is 0 Å². The molecule has 0 aromatic heterocycles. The molecule has 1 unspecified atom stereocenters. The molecule has 0 saturated heterocycles. The third kappa shape index (κ3) is 8.16. The van der Waals surface area contributed by atoms with E-state index in [-0.39, 0.29) is 5.91 Å². The van der Waals surface area contributed by atoms with Crippen LogP contribution in [0.4, 0.5) is 0 Å². The largest absolute Gasteiger partial charge is 0.383 e. The van der Waals surface area contributed by atoms with E-state index in [9.17, 15) is 4.79 Å². The summed E-state index contributed by atoms with van der Waals surface area (Å²) in [7, 11) is 1.66. The van der Waals surface area contributed by atoms with Crippen LogP contribution in [-0.2, 0) is 9.53 Å². The van der Waals surface area contributed by atoms with E-state index in [0.717, 1.165) is 13.0 Å². The molecule has 0 rings (SSSR count). The monoisotopic (exact) mass is 244 g/mol. The van der Waals surface area contributed by atoms with Gasteiger partial charge in [0.2, 0.25) is 5.91 Å². The molecule has 4 heteroatoms. The minimum absolute atomic E-state index is 0.163. The Bertz CT molecular complexity index is 208. The first-order valence-corrected chi connectivity index (χ1v) is 6.51. The first kappa shape index (κ1) is 16.4. The van der Waals surface area contributed by atoms with Gasteiger partial charge in [0.25, 0.3) is 0 Å². The molecule has 0 aliphatic rings. The molecule has 1 atom stereocenters. The highest BCUT2D eigenvalue weighted by Crippen LogP contribution is 1.99. The van der Waals surface area contributed by atoms with E-state index in [4.69, 9.17) is 4.74 Å². The predicted molar refractivity (Wildman–Crippen MR) is 71.0 cm³/mol. The van der Waals surface area contributed by atoms with Gasteiger partial charge in [-0.2, -0.15) is 0 Å². The Kier molecular flexibility index (Phi) is 9.09. The summed E-state index contributed by atoms with van der Waals surface area (Å²) in [5.74, 6) is 0.649.